The van der Waals surface area contributed by atoms with E-state index in [1.807, 2.05) is 97.1 Å². The lowest BCUT2D eigenvalue weighted by Crippen LogP contribution is -2.00. The molecule has 0 atom stereocenters. The molecule has 0 saturated heterocycles. The normalized spacial score (nSPS) is 11.4. The minimum absolute atomic E-state index is 0.634. The molecule has 118 heavy (non-hydrogen) atoms. The van der Waals surface area contributed by atoms with Gasteiger partial charge in [-0.25, -0.2) is 49.8 Å². The van der Waals surface area contributed by atoms with E-state index in [0.29, 0.717) is 34.9 Å². The summed E-state index contributed by atoms with van der Waals surface area (Å²) in [6, 6.07) is 139. The Bertz CT molecular complexity index is 7470. The van der Waals surface area contributed by atoms with Crippen LogP contribution in [0.3, 0.4) is 0 Å². The largest absolute Gasteiger partial charge is 0.243 e. The van der Waals surface area contributed by atoms with Gasteiger partial charge >= 0.3 is 0 Å². The molecule has 6 aromatic heterocycles. The maximum atomic E-state index is 5.08. The molecule has 0 N–H and O–H groups in total. The molecule has 6 heterocycles. The number of benzene rings is 16. The van der Waals surface area contributed by atoms with E-state index < -0.39 is 0 Å². The molecule has 22 rings (SSSR count). The molecule has 0 unspecified atom stereocenters. The van der Waals surface area contributed by atoms with Crippen molar-refractivity contribution in [3.8, 4) is 157 Å². The number of fused-ring (bicyclic) bond motifs is 8. The third-order valence-corrected chi connectivity index (χ3v) is 23.7. The summed E-state index contributed by atoms with van der Waals surface area (Å²) in [5, 5.41) is 2.30. The summed E-state index contributed by atoms with van der Waals surface area (Å²) in [6.07, 6.45) is 0. The number of thiophene rings is 2. The van der Waals surface area contributed by atoms with Gasteiger partial charge in [-0.1, -0.05) is 352 Å². The Morgan fingerprint density at radius 3 is 0.771 bits per heavy atom. The first-order valence-corrected chi connectivity index (χ1v) is 40.8. The predicted molar refractivity (Wildman–Crippen MR) is 488 cm³/mol. The van der Waals surface area contributed by atoms with E-state index in [2.05, 4.69) is 303 Å². The topological polar surface area (TPSA) is 129 Å². The molecule has 0 saturated carbocycles. The maximum absolute atomic E-state index is 5.08. The monoisotopic (exact) mass is 1540 g/mol. The van der Waals surface area contributed by atoms with E-state index in [1.54, 1.807) is 22.7 Å². The Labute approximate surface area is 688 Å². The van der Waals surface area contributed by atoms with Gasteiger partial charge in [0.15, 0.2) is 34.9 Å². The standard InChI is InChI=1S/2C53H33N5S/c1-3-10-34(11-4-1)35-22-26-40(27-23-35)51-56-50(39-12-5-2-6-13-39)57-52(58-51)41-28-24-37(25-29-41)36-18-20-38(21-19-36)42-14-9-15-43(32-42)44-30-31-45-48(33-44)59-53-49(45)54-46-16-7-8-17-47(46)55-53;1-3-10-34(11-4-1)35-22-26-40(27-23-35)51-56-50(39-12-5-2-6-13-39)57-52(58-51)41-28-24-37(25-29-41)36-18-20-38(21-19-36)42-14-9-15-43(32-42)44-30-31-46-47(33-44)54-49-45-16-7-8-17-48(45)59-53(49)55-46/h2*1-33H. The SMILES string of the molecule is c1ccc(-c2ccc(-c3nc(-c4ccccc4)nc(-c4ccc(-c5ccc(-c6cccc(-c7ccc8c(c7)sc7nc9ccccc9nc78)c6)cc5)cc4)n3)cc2)cc1.c1ccc(-c2ccc(-c3nc(-c4ccccc4)nc(-c4ccc(-c5ccc(-c6cccc(-c7ccc8nc9sc%10ccccc%10c9nc8c7)c6)cc5)cc4)n3)cc2)cc1. The Kier molecular flexibility index (Phi) is 18.4. The second-order valence-corrected chi connectivity index (χ2v) is 31.1. The van der Waals surface area contributed by atoms with Gasteiger partial charge in [0.25, 0.3) is 0 Å². The van der Waals surface area contributed by atoms with E-state index >= 15 is 0 Å². The third kappa shape index (κ3) is 14.3. The maximum Gasteiger partial charge on any atom is 0.164 e. The molecule has 10 nitrogen and oxygen atoms in total. The van der Waals surface area contributed by atoms with Crippen LogP contribution < -0.4 is 0 Å². The Hall–Kier alpha value is -15.3. The van der Waals surface area contributed by atoms with Crippen LogP contribution in [-0.4, -0.2) is 49.8 Å². The number of rotatable bonds is 14. The predicted octanol–water partition coefficient (Wildman–Crippen LogP) is 27.7. The van der Waals surface area contributed by atoms with Crippen LogP contribution in [0.1, 0.15) is 0 Å². The molecule has 0 amide bonds. The molecule has 16 aromatic carbocycles. The number of hydrogen-bond donors (Lipinski definition) is 0. The van der Waals surface area contributed by atoms with Crippen molar-refractivity contribution in [1.82, 2.24) is 49.8 Å². The van der Waals surface area contributed by atoms with Crippen LogP contribution in [0, 0.1) is 0 Å². The molecule has 12 heteroatoms. The Balaban J connectivity index is 0.000000147. The fourth-order valence-electron chi connectivity index (χ4n) is 15.3. The highest BCUT2D eigenvalue weighted by Crippen LogP contribution is 2.40. The molecule has 0 aliphatic carbocycles. The molecule has 0 fully saturated rings. The minimum atomic E-state index is 0.634. The second-order valence-electron chi connectivity index (χ2n) is 29.1. The zero-order valence-corrected chi connectivity index (χ0v) is 65.0. The van der Waals surface area contributed by atoms with E-state index in [1.165, 1.54) is 42.8 Å². The summed E-state index contributed by atoms with van der Waals surface area (Å²) in [5.41, 5.74) is 29.6. The van der Waals surface area contributed by atoms with Gasteiger partial charge in [0.1, 0.15) is 20.7 Å². The van der Waals surface area contributed by atoms with Crippen LogP contribution >= 0.6 is 22.7 Å². The molecular formula is C106H66N10S2. The van der Waals surface area contributed by atoms with Gasteiger partial charge in [-0.3, -0.25) is 0 Å². The lowest BCUT2D eigenvalue weighted by Gasteiger charge is -2.10. The van der Waals surface area contributed by atoms with Crippen LogP contribution in [0.4, 0.5) is 0 Å². The van der Waals surface area contributed by atoms with Crippen molar-refractivity contribution in [3.63, 3.8) is 0 Å². The summed E-state index contributed by atoms with van der Waals surface area (Å²) in [5.74, 6) is 3.83. The summed E-state index contributed by atoms with van der Waals surface area (Å²) in [4.78, 5) is 51.5. The highest BCUT2D eigenvalue weighted by Gasteiger charge is 2.19. The number of nitrogens with zero attached hydrogens (tertiary/aromatic N) is 10. The van der Waals surface area contributed by atoms with E-state index in [9.17, 15) is 0 Å². The summed E-state index contributed by atoms with van der Waals surface area (Å²) in [7, 11) is 0. The highest BCUT2D eigenvalue weighted by atomic mass is 32.1. The summed E-state index contributed by atoms with van der Waals surface area (Å²) in [6.45, 7) is 0. The molecule has 0 bridgehead atoms. The average molecular weight is 1540 g/mol. The smallest absolute Gasteiger partial charge is 0.164 e. The number of hydrogen-bond acceptors (Lipinski definition) is 12. The lowest BCUT2D eigenvalue weighted by molar-refractivity contribution is 1.07. The molecule has 22 aromatic rings. The van der Waals surface area contributed by atoms with E-state index in [-0.39, 0.29) is 0 Å². The molecule has 0 radical (unpaired) electrons. The Morgan fingerprint density at radius 1 is 0.136 bits per heavy atom. The van der Waals surface area contributed by atoms with Crippen molar-refractivity contribution in [2.75, 3.05) is 0 Å². The Morgan fingerprint density at radius 2 is 0.373 bits per heavy atom. The zero-order valence-electron chi connectivity index (χ0n) is 63.4. The van der Waals surface area contributed by atoms with Crippen molar-refractivity contribution in [2.45, 2.75) is 0 Å². The quantitative estimate of drug-likeness (QED) is 0.104. The number of para-hydroxylation sites is 2. The van der Waals surface area contributed by atoms with Crippen LogP contribution in [0.25, 0.3) is 220 Å². The third-order valence-electron chi connectivity index (χ3n) is 21.6. The fourth-order valence-corrected chi connectivity index (χ4v) is 17.4. The lowest BCUT2D eigenvalue weighted by atomic mass is 9.96. The fraction of sp³-hybridized carbons (Fsp3) is 0. The van der Waals surface area contributed by atoms with Gasteiger partial charge < -0.3 is 0 Å². The zero-order chi connectivity index (χ0) is 78.2. The van der Waals surface area contributed by atoms with Crippen LogP contribution in [-0.2, 0) is 0 Å². The van der Waals surface area contributed by atoms with Crippen LogP contribution in [0.5, 0.6) is 0 Å². The molecule has 0 aliphatic rings. The molecule has 0 aliphatic heterocycles. The van der Waals surface area contributed by atoms with E-state index in [0.717, 1.165) is 143 Å². The van der Waals surface area contributed by atoms with Gasteiger partial charge in [0.2, 0.25) is 0 Å². The van der Waals surface area contributed by atoms with Crippen molar-refractivity contribution in [1.29, 1.82) is 0 Å². The molecular weight excluding hydrogens is 1480 g/mol. The first-order chi connectivity index (χ1) is 58.4. The van der Waals surface area contributed by atoms with Gasteiger partial charge in [-0.2, -0.15) is 0 Å². The van der Waals surface area contributed by atoms with Gasteiger partial charge in [-0.05, 0) is 138 Å². The minimum Gasteiger partial charge on any atom is -0.243 e. The molecule has 552 valence electrons. The van der Waals surface area contributed by atoms with E-state index in [4.69, 9.17) is 49.8 Å². The van der Waals surface area contributed by atoms with Crippen LogP contribution in [0.2, 0.25) is 0 Å². The first kappa shape index (κ1) is 70.5. The number of aromatic nitrogens is 10. The average Bonchev–Trinajstić information content (AvgIpc) is 1.61. The van der Waals surface area contributed by atoms with Crippen molar-refractivity contribution < 1.29 is 0 Å². The summed E-state index contributed by atoms with van der Waals surface area (Å²) >= 11 is 3.39. The van der Waals surface area contributed by atoms with Crippen molar-refractivity contribution in [3.05, 3.63) is 400 Å². The first-order valence-electron chi connectivity index (χ1n) is 39.1. The van der Waals surface area contributed by atoms with Gasteiger partial charge in [0.05, 0.1) is 22.1 Å². The van der Waals surface area contributed by atoms with Crippen molar-refractivity contribution >= 4 is 85.6 Å². The summed E-state index contributed by atoms with van der Waals surface area (Å²) < 4.78 is 2.40. The van der Waals surface area contributed by atoms with Crippen LogP contribution in [0.15, 0.2) is 400 Å². The van der Waals surface area contributed by atoms with Gasteiger partial charge in [0, 0.05) is 53.6 Å². The molecule has 0 spiro atoms. The second kappa shape index (κ2) is 30.9. The van der Waals surface area contributed by atoms with Gasteiger partial charge in [-0.15, -0.1) is 22.7 Å². The van der Waals surface area contributed by atoms with Crippen molar-refractivity contribution in [2.24, 2.45) is 0 Å². The highest BCUT2D eigenvalue weighted by molar-refractivity contribution is 7.25.